The van der Waals surface area contributed by atoms with Gasteiger partial charge in [0.05, 0.1) is 5.52 Å². The molecule has 3 N–H and O–H groups in total. The largest absolute Gasteiger partial charge is 0.368 e. The number of pyridine rings is 1. The van der Waals surface area contributed by atoms with Gasteiger partial charge in [-0.25, -0.2) is 0 Å². The van der Waals surface area contributed by atoms with E-state index in [-0.39, 0.29) is 5.91 Å². The summed E-state index contributed by atoms with van der Waals surface area (Å²) in [7, 11) is 0. The summed E-state index contributed by atoms with van der Waals surface area (Å²) in [5.41, 5.74) is 7.17. The fourth-order valence-corrected chi connectivity index (χ4v) is 1.86. The molecule has 2 rings (SSSR count). The molecule has 1 atom stereocenters. The first-order valence-corrected chi connectivity index (χ1v) is 5.59. The number of nitrogens with zero attached hydrogens (tertiary/aromatic N) is 1. The van der Waals surface area contributed by atoms with E-state index >= 15 is 0 Å². The normalized spacial score (nSPS) is 12.5. The highest BCUT2D eigenvalue weighted by Crippen LogP contribution is 2.18. The van der Waals surface area contributed by atoms with Crippen molar-refractivity contribution in [2.45, 2.75) is 13.0 Å². The van der Waals surface area contributed by atoms with Gasteiger partial charge in [-0.05, 0) is 30.3 Å². The van der Waals surface area contributed by atoms with Gasteiger partial charge in [-0.3, -0.25) is 9.78 Å². The van der Waals surface area contributed by atoms with Crippen molar-refractivity contribution in [3.8, 4) is 0 Å². The van der Waals surface area contributed by atoms with Crippen molar-refractivity contribution in [1.29, 1.82) is 0 Å². The van der Waals surface area contributed by atoms with Gasteiger partial charge in [0.25, 0.3) is 0 Å². The van der Waals surface area contributed by atoms with Gasteiger partial charge in [0, 0.05) is 11.6 Å². The number of nitrogens with two attached hydrogens (primary N) is 1. The third-order valence-corrected chi connectivity index (χ3v) is 2.65. The molecule has 4 heteroatoms. The van der Waals surface area contributed by atoms with Gasteiger partial charge in [-0.2, -0.15) is 0 Å². The first-order valence-electron chi connectivity index (χ1n) is 5.59. The Morgan fingerprint density at radius 2 is 2.29 bits per heavy atom. The molecule has 1 unspecified atom stereocenters. The summed E-state index contributed by atoms with van der Waals surface area (Å²) < 4.78 is 0. The third kappa shape index (κ3) is 2.42. The molecular formula is C13H15N3O. The Labute approximate surface area is 99.8 Å². The molecule has 0 radical (unpaired) electrons. The monoisotopic (exact) mass is 229 g/mol. The van der Waals surface area contributed by atoms with Crippen LogP contribution in [0.3, 0.4) is 0 Å². The van der Waals surface area contributed by atoms with Crippen molar-refractivity contribution in [3.63, 3.8) is 0 Å². The molecule has 1 heterocycles. The summed E-state index contributed by atoms with van der Waals surface area (Å²) in [6, 6.07) is 9.13. The molecule has 88 valence electrons. The number of hydrogen-bond acceptors (Lipinski definition) is 3. The maximum absolute atomic E-state index is 11.4. The molecule has 0 fully saturated rings. The second kappa shape index (κ2) is 4.93. The zero-order valence-corrected chi connectivity index (χ0v) is 9.68. The molecule has 0 spiro atoms. The Bertz CT molecular complexity index is 539. The predicted octanol–water partition coefficient (Wildman–Crippen LogP) is 1.37. The van der Waals surface area contributed by atoms with E-state index < -0.39 is 6.04 Å². The molecule has 0 aliphatic rings. The smallest absolute Gasteiger partial charge is 0.239 e. The second-order valence-corrected chi connectivity index (χ2v) is 3.85. The van der Waals surface area contributed by atoms with Gasteiger partial charge in [0.1, 0.15) is 6.04 Å². The Morgan fingerprint density at radius 3 is 3.00 bits per heavy atom. The van der Waals surface area contributed by atoms with E-state index in [1.165, 1.54) is 0 Å². The molecule has 0 saturated heterocycles. The summed E-state index contributed by atoms with van der Waals surface area (Å²) in [6.45, 7) is 2.64. The summed E-state index contributed by atoms with van der Waals surface area (Å²) in [5, 5.41) is 4.08. The Kier molecular flexibility index (Phi) is 3.35. The lowest BCUT2D eigenvalue weighted by Crippen LogP contribution is -2.33. The number of nitrogens with one attached hydrogen (secondary N) is 1. The van der Waals surface area contributed by atoms with Crippen LogP contribution in [0.15, 0.2) is 36.5 Å². The van der Waals surface area contributed by atoms with E-state index in [1.54, 1.807) is 6.20 Å². The van der Waals surface area contributed by atoms with Crippen molar-refractivity contribution in [2.75, 3.05) is 6.54 Å². The number of carbonyl (C=O) groups is 1. The van der Waals surface area contributed by atoms with Crippen LogP contribution in [0.2, 0.25) is 0 Å². The topological polar surface area (TPSA) is 68.0 Å². The van der Waals surface area contributed by atoms with Gasteiger partial charge in [-0.1, -0.05) is 19.1 Å². The number of benzene rings is 1. The van der Waals surface area contributed by atoms with Crippen LogP contribution in [0.1, 0.15) is 18.5 Å². The van der Waals surface area contributed by atoms with Crippen molar-refractivity contribution >= 4 is 16.8 Å². The van der Waals surface area contributed by atoms with Crippen LogP contribution >= 0.6 is 0 Å². The van der Waals surface area contributed by atoms with Crippen LogP contribution in [-0.4, -0.2) is 17.4 Å². The number of carbonyl (C=O) groups excluding carboxylic acids is 1. The molecule has 1 amide bonds. The number of likely N-dealkylation sites (N-methyl/N-ethyl adjacent to an activating group) is 1. The van der Waals surface area contributed by atoms with E-state index in [2.05, 4.69) is 10.3 Å². The first-order chi connectivity index (χ1) is 8.22. The third-order valence-electron chi connectivity index (χ3n) is 2.65. The minimum Gasteiger partial charge on any atom is -0.368 e. The lowest BCUT2D eigenvalue weighted by molar-refractivity contribution is -0.120. The lowest BCUT2D eigenvalue weighted by atomic mass is 10.0. The molecule has 0 aliphatic carbocycles. The summed E-state index contributed by atoms with van der Waals surface area (Å²) in [5.74, 6) is -0.366. The summed E-state index contributed by atoms with van der Waals surface area (Å²) in [6.07, 6.45) is 1.75. The van der Waals surface area contributed by atoms with Crippen molar-refractivity contribution < 1.29 is 4.79 Å². The molecule has 1 aromatic carbocycles. The number of fused-ring (bicyclic) bond motifs is 1. The second-order valence-electron chi connectivity index (χ2n) is 3.85. The van der Waals surface area contributed by atoms with Gasteiger partial charge in [0.15, 0.2) is 0 Å². The SMILES string of the molecule is CCNC(C(N)=O)c1ccc2ncccc2c1. The van der Waals surface area contributed by atoms with E-state index in [0.717, 1.165) is 16.5 Å². The van der Waals surface area contributed by atoms with E-state index in [0.29, 0.717) is 6.54 Å². The van der Waals surface area contributed by atoms with Crippen LogP contribution in [0.5, 0.6) is 0 Å². The number of primary amides is 1. The number of aromatic nitrogens is 1. The van der Waals surface area contributed by atoms with Crippen LogP contribution in [0.4, 0.5) is 0 Å². The average Bonchev–Trinajstić information content (AvgIpc) is 2.35. The maximum Gasteiger partial charge on any atom is 0.239 e. The zero-order chi connectivity index (χ0) is 12.3. The standard InChI is InChI=1S/C13H15N3O/c1-2-15-12(13(14)17)10-5-6-11-9(8-10)4-3-7-16-11/h3-8,12,15H,2H2,1H3,(H2,14,17). The summed E-state index contributed by atoms with van der Waals surface area (Å²) >= 11 is 0. The molecule has 17 heavy (non-hydrogen) atoms. The van der Waals surface area contributed by atoms with E-state index in [1.807, 2.05) is 37.3 Å². The first kappa shape index (κ1) is 11.5. The highest BCUT2D eigenvalue weighted by molar-refractivity contribution is 5.85. The van der Waals surface area contributed by atoms with Crippen molar-refractivity contribution in [1.82, 2.24) is 10.3 Å². The number of rotatable bonds is 4. The fourth-order valence-electron chi connectivity index (χ4n) is 1.86. The molecule has 0 bridgehead atoms. The summed E-state index contributed by atoms with van der Waals surface area (Å²) in [4.78, 5) is 15.6. The maximum atomic E-state index is 11.4. The fraction of sp³-hybridized carbons (Fsp3) is 0.231. The Morgan fingerprint density at radius 1 is 1.47 bits per heavy atom. The van der Waals surface area contributed by atoms with Crippen LogP contribution in [0, 0.1) is 0 Å². The number of amides is 1. The minimum atomic E-state index is -0.440. The highest BCUT2D eigenvalue weighted by atomic mass is 16.1. The zero-order valence-electron chi connectivity index (χ0n) is 9.68. The van der Waals surface area contributed by atoms with Crippen LogP contribution in [0.25, 0.3) is 10.9 Å². The minimum absolute atomic E-state index is 0.366. The Balaban J connectivity index is 2.43. The Hall–Kier alpha value is -1.94. The molecule has 0 aliphatic heterocycles. The highest BCUT2D eigenvalue weighted by Gasteiger charge is 2.16. The number of hydrogen-bond donors (Lipinski definition) is 2. The van der Waals surface area contributed by atoms with E-state index in [4.69, 9.17) is 5.73 Å². The quantitative estimate of drug-likeness (QED) is 0.832. The van der Waals surface area contributed by atoms with Gasteiger partial charge < -0.3 is 11.1 Å². The van der Waals surface area contributed by atoms with Gasteiger partial charge in [-0.15, -0.1) is 0 Å². The molecule has 1 aromatic heterocycles. The lowest BCUT2D eigenvalue weighted by Gasteiger charge is -2.14. The molecule has 0 saturated carbocycles. The van der Waals surface area contributed by atoms with Crippen molar-refractivity contribution in [3.05, 3.63) is 42.1 Å². The molecular weight excluding hydrogens is 214 g/mol. The predicted molar refractivity (Wildman–Crippen MR) is 67.4 cm³/mol. The van der Waals surface area contributed by atoms with Gasteiger partial charge in [0.2, 0.25) is 5.91 Å². The molecule has 2 aromatic rings. The van der Waals surface area contributed by atoms with Gasteiger partial charge >= 0.3 is 0 Å². The average molecular weight is 229 g/mol. The molecule has 4 nitrogen and oxygen atoms in total. The van der Waals surface area contributed by atoms with Crippen LogP contribution < -0.4 is 11.1 Å². The van der Waals surface area contributed by atoms with Crippen molar-refractivity contribution in [2.24, 2.45) is 5.73 Å². The van der Waals surface area contributed by atoms with Crippen LogP contribution in [-0.2, 0) is 4.79 Å². The van der Waals surface area contributed by atoms with E-state index in [9.17, 15) is 4.79 Å².